The Morgan fingerprint density at radius 3 is 2.20 bits per heavy atom. The van der Waals surface area contributed by atoms with Crippen LogP contribution in [0, 0.1) is 41.5 Å². The molecule has 20 heavy (non-hydrogen) atoms. The summed E-state index contributed by atoms with van der Waals surface area (Å²) < 4.78 is 1.55. The molecule has 0 N–H and O–H groups in total. The first-order valence-corrected chi connectivity index (χ1v) is 6.92. The lowest BCUT2D eigenvalue weighted by Gasteiger charge is -2.15. The molecule has 0 unspecified atom stereocenters. The van der Waals surface area contributed by atoms with E-state index >= 15 is 0 Å². The van der Waals surface area contributed by atoms with E-state index in [0.717, 1.165) is 11.1 Å². The van der Waals surface area contributed by atoms with Gasteiger partial charge in [-0.3, -0.25) is 4.79 Å². The van der Waals surface area contributed by atoms with Crippen LogP contribution in [-0.4, -0.2) is 9.78 Å². The monoisotopic (exact) mass is 270 g/mol. The standard InChI is InChI=1S/C17H22N2O/c1-10-7-16(15(6)14(5)12(10)3)9-19-17(20)13(4)11(2)8-18-19/h7-8H,9H2,1-6H3. The number of aromatic nitrogens is 2. The van der Waals surface area contributed by atoms with Crippen molar-refractivity contribution >= 4 is 0 Å². The van der Waals surface area contributed by atoms with E-state index in [4.69, 9.17) is 0 Å². The van der Waals surface area contributed by atoms with Crippen LogP contribution in [0.1, 0.15) is 38.9 Å². The van der Waals surface area contributed by atoms with Crippen molar-refractivity contribution < 1.29 is 0 Å². The lowest BCUT2D eigenvalue weighted by atomic mass is 9.94. The summed E-state index contributed by atoms with van der Waals surface area (Å²) in [5.41, 5.74) is 8.03. The van der Waals surface area contributed by atoms with Gasteiger partial charge in [-0.2, -0.15) is 5.10 Å². The number of rotatable bonds is 2. The van der Waals surface area contributed by atoms with Gasteiger partial charge in [0.05, 0.1) is 12.7 Å². The number of nitrogens with zero attached hydrogens (tertiary/aromatic N) is 2. The summed E-state index contributed by atoms with van der Waals surface area (Å²) >= 11 is 0. The van der Waals surface area contributed by atoms with Gasteiger partial charge >= 0.3 is 0 Å². The van der Waals surface area contributed by atoms with Crippen molar-refractivity contribution in [2.75, 3.05) is 0 Å². The fraction of sp³-hybridized carbons (Fsp3) is 0.412. The summed E-state index contributed by atoms with van der Waals surface area (Å²) in [6.07, 6.45) is 1.76. The maximum Gasteiger partial charge on any atom is 0.270 e. The molecule has 1 heterocycles. The lowest BCUT2D eigenvalue weighted by Crippen LogP contribution is -2.26. The van der Waals surface area contributed by atoms with Crippen molar-refractivity contribution in [3.8, 4) is 0 Å². The van der Waals surface area contributed by atoms with E-state index in [1.807, 2.05) is 13.8 Å². The zero-order valence-corrected chi connectivity index (χ0v) is 13.2. The van der Waals surface area contributed by atoms with Crippen molar-refractivity contribution in [3.05, 3.63) is 61.6 Å². The molecule has 0 aliphatic carbocycles. The third kappa shape index (κ3) is 2.40. The SMILES string of the molecule is Cc1cc(Cn2ncc(C)c(C)c2=O)c(C)c(C)c1C. The lowest BCUT2D eigenvalue weighted by molar-refractivity contribution is 0.627. The highest BCUT2D eigenvalue weighted by molar-refractivity contribution is 5.43. The molecule has 1 aromatic carbocycles. The highest BCUT2D eigenvalue weighted by Gasteiger charge is 2.10. The Kier molecular flexibility index (Phi) is 3.80. The molecule has 0 saturated carbocycles. The molecule has 0 radical (unpaired) electrons. The minimum Gasteiger partial charge on any atom is -0.267 e. The molecule has 3 heteroatoms. The molecule has 2 rings (SSSR count). The van der Waals surface area contributed by atoms with Crippen LogP contribution in [0.3, 0.4) is 0 Å². The third-order valence-corrected chi connectivity index (χ3v) is 4.45. The van der Waals surface area contributed by atoms with Gasteiger partial charge in [-0.25, -0.2) is 4.68 Å². The molecule has 0 amide bonds. The van der Waals surface area contributed by atoms with E-state index < -0.39 is 0 Å². The zero-order valence-electron chi connectivity index (χ0n) is 13.2. The molecule has 0 aliphatic rings. The van der Waals surface area contributed by atoms with Crippen LogP contribution in [0.25, 0.3) is 0 Å². The van der Waals surface area contributed by atoms with Crippen LogP contribution in [0.5, 0.6) is 0 Å². The van der Waals surface area contributed by atoms with Gasteiger partial charge in [-0.1, -0.05) is 6.07 Å². The van der Waals surface area contributed by atoms with Gasteiger partial charge in [-0.15, -0.1) is 0 Å². The fourth-order valence-electron chi connectivity index (χ4n) is 2.40. The minimum atomic E-state index is 0.000260. The maximum atomic E-state index is 12.2. The van der Waals surface area contributed by atoms with Crippen molar-refractivity contribution in [3.63, 3.8) is 0 Å². The van der Waals surface area contributed by atoms with E-state index in [1.54, 1.807) is 10.9 Å². The Morgan fingerprint density at radius 1 is 0.900 bits per heavy atom. The molecule has 0 spiro atoms. The van der Waals surface area contributed by atoms with E-state index in [2.05, 4.69) is 38.9 Å². The Hall–Kier alpha value is -1.90. The molecule has 0 fully saturated rings. The fourth-order valence-corrected chi connectivity index (χ4v) is 2.40. The quantitative estimate of drug-likeness (QED) is 0.840. The predicted octanol–water partition coefficient (Wildman–Crippen LogP) is 3.14. The Morgan fingerprint density at radius 2 is 1.55 bits per heavy atom. The minimum absolute atomic E-state index is 0.000260. The van der Waals surface area contributed by atoms with Gasteiger partial charge in [0.25, 0.3) is 5.56 Å². The Labute approximate surface area is 120 Å². The smallest absolute Gasteiger partial charge is 0.267 e. The molecule has 0 bridgehead atoms. The topological polar surface area (TPSA) is 34.9 Å². The third-order valence-electron chi connectivity index (χ3n) is 4.45. The Bertz CT molecular complexity index is 727. The largest absolute Gasteiger partial charge is 0.270 e. The van der Waals surface area contributed by atoms with Gasteiger partial charge in [-0.05, 0) is 74.9 Å². The molecular formula is C17H22N2O. The average Bonchev–Trinajstić information content (AvgIpc) is 2.42. The normalized spacial score (nSPS) is 10.9. The summed E-state index contributed by atoms with van der Waals surface area (Å²) in [5.74, 6) is 0. The number of hydrogen-bond donors (Lipinski definition) is 0. The molecule has 1 aromatic heterocycles. The Balaban J connectivity index is 2.51. The summed E-state index contributed by atoms with van der Waals surface area (Å²) in [6.45, 7) is 12.8. The molecular weight excluding hydrogens is 248 g/mol. The molecule has 0 saturated heterocycles. The second kappa shape index (κ2) is 5.23. The van der Waals surface area contributed by atoms with Crippen molar-refractivity contribution in [2.45, 2.75) is 48.1 Å². The molecule has 2 aromatic rings. The van der Waals surface area contributed by atoms with Gasteiger partial charge < -0.3 is 0 Å². The van der Waals surface area contributed by atoms with Crippen LogP contribution in [0.4, 0.5) is 0 Å². The van der Waals surface area contributed by atoms with E-state index in [-0.39, 0.29) is 5.56 Å². The highest BCUT2D eigenvalue weighted by atomic mass is 16.1. The number of hydrogen-bond acceptors (Lipinski definition) is 2. The summed E-state index contributed by atoms with van der Waals surface area (Å²) in [4.78, 5) is 12.2. The van der Waals surface area contributed by atoms with E-state index in [9.17, 15) is 4.79 Å². The number of benzene rings is 1. The van der Waals surface area contributed by atoms with Gasteiger partial charge in [0.15, 0.2) is 0 Å². The van der Waals surface area contributed by atoms with Crippen LogP contribution in [-0.2, 0) is 6.54 Å². The predicted molar refractivity (Wildman–Crippen MR) is 82.5 cm³/mol. The van der Waals surface area contributed by atoms with Gasteiger partial charge in [0.2, 0.25) is 0 Å². The molecule has 0 atom stereocenters. The van der Waals surface area contributed by atoms with Gasteiger partial charge in [0.1, 0.15) is 0 Å². The summed E-state index contributed by atoms with van der Waals surface area (Å²) in [6, 6.07) is 2.17. The molecule has 0 aliphatic heterocycles. The maximum absolute atomic E-state index is 12.2. The first-order chi connectivity index (χ1) is 9.32. The molecule has 106 valence electrons. The van der Waals surface area contributed by atoms with E-state index in [0.29, 0.717) is 6.54 Å². The van der Waals surface area contributed by atoms with Crippen molar-refractivity contribution in [2.24, 2.45) is 0 Å². The van der Waals surface area contributed by atoms with Crippen molar-refractivity contribution in [1.29, 1.82) is 0 Å². The first kappa shape index (κ1) is 14.5. The van der Waals surface area contributed by atoms with Crippen molar-refractivity contribution in [1.82, 2.24) is 9.78 Å². The van der Waals surface area contributed by atoms with Crippen LogP contribution in [0.15, 0.2) is 17.1 Å². The number of aryl methyl sites for hydroxylation is 2. The highest BCUT2D eigenvalue weighted by Crippen LogP contribution is 2.21. The molecule has 3 nitrogen and oxygen atoms in total. The van der Waals surface area contributed by atoms with Crippen LogP contribution < -0.4 is 5.56 Å². The van der Waals surface area contributed by atoms with Crippen LogP contribution >= 0.6 is 0 Å². The van der Waals surface area contributed by atoms with Gasteiger partial charge in [0, 0.05) is 5.56 Å². The van der Waals surface area contributed by atoms with Crippen LogP contribution in [0.2, 0.25) is 0 Å². The average molecular weight is 270 g/mol. The zero-order chi connectivity index (χ0) is 15.0. The second-order valence-electron chi connectivity index (χ2n) is 5.64. The second-order valence-corrected chi connectivity index (χ2v) is 5.64. The first-order valence-electron chi connectivity index (χ1n) is 6.92. The summed E-state index contributed by atoms with van der Waals surface area (Å²) in [5, 5.41) is 4.26. The summed E-state index contributed by atoms with van der Waals surface area (Å²) in [7, 11) is 0. The van der Waals surface area contributed by atoms with E-state index in [1.165, 1.54) is 27.8 Å².